The molecule has 1 N–H and O–H groups in total. The molecular formula is C13H23NO4. The third-order valence-corrected chi connectivity index (χ3v) is 3.45. The minimum atomic E-state index is -1.24. The minimum absolute atomic E-state index is 0.140. The number of carbonyl (C=O) groups is 2. The van der Waals surface area contributed by atoms with E-state index in [4.69, 9.17) is 0 Å². The lowest BCUT2D eigenvalue weighted by Crippen LogP contribution is -2.40. The molecule has 0 aromatic carbocycles. The summed E-state index contributed by atoms with van der Waals surface area (Å²) in [4.78, 5) is 23.3. The van der Waals surface area contributed by atoms with Crippen LogP contribution in [-0.2, 0) is 19.1 Å². The first kappa shape index (κ1) is 15.0. The van der Waals surface area contributed by atoms with E-state index in [-0.39, 0.29) is 6.04 Å². The molecule has 1 unspecified atom stereocenters. The van der Waals surface area contributed by atoms with Crippen LogP contribution in [0.4, 0.5) is 0 Å². The van der Waals surface area contributed by atoms with Gasteiger partial charge in [-0.05, 0) is 6.42 Å². The molecule has 1 saturated heterocycles. The molecule has 1 heterocycles. The van der Waals surface area contributed by atoms with E-state index in [2.05, 4.69) is 21.7 Å². The average molecular weight is 257 g/mol. The van der Waals surface area contributed by atoms with Crippen LogP contribution in [0, 0.1) is 0 Å². The maximum atomic E-state index is 11.7. The Labute approximate surface area is 108 Å². The van der Waals surface area contributed by atoms with E-state index in [1.807, 2.05) is 0 Å². The van der Waals surface area contributed by atoms with Crippen LogP contribution in [-0.4, -0.2) is 37.7 Å². The lowest BCUT2D eigenvalue weighted by molar-refractivity contribution is -0.156. The fourth-order valence-electron chi connectivity index (χ4n) is 2.28. The largest absolute Gasteiger partial charge is 0.467 e. The molecule has 1 atom stereocenters. The molecule has 0 radical (unpaired) electrons. The lowest BCUT2D eigenvalue weighted by atomic mass is 10.0. The van der Waals surface area contributed by atoms with Gasteiger partial charge in [0.05, 0.1) is 14.2 Å². The van der Waals surface area contributed by atoms with Gasteiger partial charge in [0.15, 0.2) is 0 Å². The summed E-state index contributed by atoms with van der Waals surface area (Å²) in [6, 6.07) is -0.140. The van der Waals surface area contributed by atoms with Crippen LogP contribution in [0.1, 0.15) is 45.4 Å². The number of unbranched alkanes of at least 4 members (excludes halogenated alkanes) is 4. The van der Waals surface area contributed by atoms with Gasteiger partial charge in [-0.25, -0.2) is 9.59 Å². The Morgan fingerprint density at radius 2 is 1.61 bits per heavy atom. The highest BCUT2D eigenvalue weighted by molar-refractivity contribution is 6.09. The highest BCUT2D eigenvalue weighted by atomic mass is 16.5. The summed E-state index contributed by atoms with van der Waals surface area (Å²) < 4.78 is 9.35. The van der Waals surface area contributed by atoms with Crippen molar-refractivity contribution >= 4 is 11.9 Å². The predicted octanol–water partition coefficient (Wildman–Crippen LogP) is 1.40. The second kappa shape index (κ2) is 6.73. The van der Waals surface area contributed by atoms with Gasteiger partial charge in [0.25, 0.3) is 0 Å². The Bertz CT molecular complexity index is 287. The molecule has 1 aliphatic heterocycles. The third kappa shape index (κ3) is 3.02. The van der Waals surface area contributed by atoms with Gasteiger partial charge >= 0.3 is 11.9 Å². The van der Waals surface area contributed by atoms with Crippen LogP contribution < -0.4 is 5.32 Å². The predicted molar refractivity (Wildman–Crippen MR) is 67.1 cm³/mol. The van der Waals surface area contributed by atoms with Crippen molar-refractivity contribution < 1.29 is 19.1 Å². The number of hydrogen-bond donors (Lipinski definition) is 1. The van der Waals surface area contributed by atoms with Crippen LogP contribution >= 0.6 is 0 Å². The molecule has 0 saturated carbocycles. The first-order valence-electron chi connectivity index (χ1n) is 6.58. The number of hydrogen-bond acceptors (Lipinski definition) is 5. The SMILES string of the molecule is CCCCCCCC1NC1(C(=O)OC)C(=O)OC. The van der Waals surface area contributed by atoms with Crippen molar-refractivity contribution in [3.63, 3.8) is 0 Å². The second-order valence-electron chi connectivity index (χ2n) is 4.69. The number of ether oxygens (including phenoxy) is 2. The molecule has 0 aromatic heterocycles. The number of rotatable bonds is 8. The Hall–Kier alpha value is -1.10. The fraction of sp³-hybridized carbons (Fsp3) is 0.846. The first-order valence-corrected chi connectivity index (χ1v) is 6.58. The van der Waals surface area contributed by atoms with Crippen molar-refractivity contribution in [2.75, 3.05) is 14.2 Å². The van der Waals surface area contributed by atoms with Gasteiger partial charge in [0.2, 0.25) is 5.54 Å². The smallest absolute Gasteiger partial charge is 0.339 e. The van der Waals surface area contributed by atoms with E-state index in [1.165, 1.54) is 33.5 Å². The zero-order chi connectivity index (χ0) is 13.6. The second-order valence-corrected chi connectivity index (χ2v) is 4.69. The molecule has 0 bridgehead atoms. The van der Waals surface area contributed by atoms with E-state index in [0.29, 0.717) is 0 Å². The van der Waals surface area contributed by atoms with E-state index in [1.54, 1.807) is 0 Å². The van der Waals surface area contributed by atoms with Crippen LogP contribution in [0.25, 0.3) is 0 Å². The molecule has 0 amide bonds. The lowest BCUT2D eigenvalue weighted by Gasteiger charge is -2.10. The Morgan fingerprint density at radius 1 is 1.06 bits per heavy atom. The van der Waals surface area contributed by atoms with E-state index in [9.17, 15) is 9.59 Å². The van der Waals surface area contributed by atoms with E-state index < -0.39 is 17.5 Å². The van der Waals surface area contributed by atoms with Gasteiger partial charge < -0.3 is 9.47 Å². The van der Waals surface area contributed by atoms with E-state index in [0.717, 1.165) is 19.3 Å². The molecule has 0 aliphatic carbocycles. The summed E-state index contributed by atoms with van der Waals surface area (Å²) in [5.41, 5.74) is -1.24. The molecular weight excluding hydrogens is 234 g/mol. The van der Waals surface area contributed by atoms with Crippen LogP contribution in [0.2, 0.25) is 0 Å². The summed E-state index contributed by atoms with van der Waals surface area (Å²) in [5.74, 6) is -1.10. The molecule has 1 fully saturated rings. The summed E-state index contributed by atoms with van der Waals surface area (Å²) in [7, 11) is 2.57. The standard InChI is InChI=1S/C13H23NO4/c1-4-5-6-7-8-9-10-13(14-10,11(15)17-2)12(16)18-3/h10,14H,4-9H2,1-3H3. The quantitative estimate of drug-likeness (QED) is 0.308. The summed E-state index contributed by atoms with van der Waals surface area (Å²) >= 11 is 0. The Balaban J connectivity index is 2.40. The van der Waals surface area contributed by atoms with Crippen molar-refractivity contribution in [2.45, 2.75) is 57.0 Å². The molecule has 5 heteroatoms. The summed E-state index contributed by atoms with van der Waals surface area (Å²) in [6.45, 7) is 2.17. The van der Waals surface area contributed by atoms with Crippen LogP contribution in [0.5, 0.6) is 0 Å². The number of methoxy groups -OCH3 is 2. The normalized spacial score (nSPS) is 20.3. The van der Waals surface area contributed by atoms with Crippen molar-refractivity contribution in [1.82, 2.24) is 5.32 Å². The zero-order valence-electron chi connectivity index (χ0n) is 11.5. The van der Waals surface area contributed by atoms with Gasteiger partial charge in [-0.2, -0.15) is 0 Å². The molecule has 1 aliphatic rings. The Kier molecular flexibility index (Phi) is 5.59. The van der Waals surface area contributed by atoms with Crippen LogP contribution in [0.15, 0.2) is 0 Å². The highest BCUT2D eigenvalue weighted by Crippen LogP contribution is 2.33. The first-order chi connectivity index (χ1) is 8.63. The maximum Gasteiger partial charge on any atom is 0.339 e. The van der Waals surface area contributed by atoms with Gasteiger partial charge in [0, 0.05) is 6.04 Å². The molecule has 0 aromatic rings. The summed E-state index contributed by atoms with van der Waals surface area (Å²) in [5, 5.41) is 2.93. The minimum Gasteiger partial charge on any atom is -0.467 e. The van der Waals surface area contributed by atoms with Gasteiger partial charge in [0.1, 0.15) is 0 Å². The third-order valence-electron chi connectivity index (χ3n) is 3.45. The maximum absolute atomic E-state index is 11.7. The van der Waals surface area contributed by atoms with Crippen molar-refractivity contribution in [3.05, 3.63) is 0 Å². The molecule has 104 valence electrons. The van der Waals surface area contributed by atoms with Gasteiger partial charge in [-0.3, -0.25) is 5.32 Å². The Morgan fingerprint density at radius 3 is 2.11 bits per heavy atom. The summed E-state index contributed by atoms with van der Waals surface area (Å²) in [6.07, 6.45) is 6.58. The number of nitrogens with one attached hydrogen (secondary N) is 1. The molecule has 5 nitrogen and oxygen atoms in total. The van der Waals surface area contributed by atoms with Gasteiger partial charge in [-0.15, -0.1) is 0 Å². The highest BCUT2D eigenvalue weighted by Gasteiger charge is 2.67. The molecule has 1 rings (SSSR count). The zero-order valence-corrected chi connectivity index (χ0v) is 11.5. The molecule has 0 spiro atoms. The van der Waals surface area contributed by atoms with E-state index >= 15 is 0 Å². The van der Waals surface area contributed by atoms with Gasteiger partial charge in [-0.1, -0.05) is 39.0 Å². The number of esters is 2. The average Bonchev–Trinajstić information content (AvgIpc) is 3.12. The molecule has 18 heavy (non-hydrogen) atoms. The number of carbonyl (C=O) groups excluding carboxylic acids is 2. The fourth-order valence-corrected chi connectivity index (χ4v) is 2.28. The van der Waals surface area contributed by atoms with Crippen molar-refractivity contribution in [2.24, 2.45) is 0 Å². The van der Waals surface area contributed by atoms with Crippen molar-refractivity contribution in [3.8, 4) is 0 Å². The van der Waals surface area contributed by atoms with Crippen LogP contribution in [0.3, 0.4) is 0 Å². The van der Waals surface area contributed by atoms with Crippen molar-refractivity contribution in [1.29, 1.82) is 0 Å². The monoisotopic (exact) mass is 257 g/mol. The topological polar surface area (TPSA) is 74.5 Å².